The Kier molecular flexibility index (Phi) is 4.86. The van der Waals surface area contributed by atoms with Crippen molar-refractivity contribution >= 4 is 18.0 Å². The summed E-state index contributed by atoms with van der Waals surface area (Å²) in [5.74, 6) is 0.838. The van der Waals surface area contributed by atoms with Crippen molar-refractivity contribution in [3.8, 4) is 0 Å². The third kappa shape index (κ3) is 2.51. The second kappa shape index (κ2) is 6.45. The molecule has 3 aliphatic carbocycles. The number of ketones is 1. The molecule has 0 aromatic carbocycles. The van der Waals surface area contributed by atoms with Crippen LogP contribution in [0.1, 0.15) is 72.6 Å². The monoisotopic (exact) mass is 362 g/mol. The number of methoxy groups -OCH3 is 1. The number of Topliss-reactive ketones (excluding diaryl/α,β-unsaturated/α-hetero) is 1. The van der Waals surface area contributed by atoms with Crippen molar-refractivity contribution in [2.45, 2.75) is 72.6 Å². The Morgan fingerprint density at radius 3 is 2.27 bits per heavy atom. The Morgan fingerprint density at radius 2 is 1.69 bits per heavy atom. The van der Waals surface area contributed by atoms with Gasteiger partial charge in [-0.1, -0.05) is 20.3 Å². The summed E-state index contributed by atoms with van der Waals surface area (Å²) < 4.78 is 5.19. The molecule has 0 aromatic rings. The largest absolute Gasteiger partial charge is 0.469 e. The molecule has 0 radical (unpaired) electrons. The van der Waals surface area contributed by atoms with Crippen LogP contribution in [0.4, 0.5) is 0 Å². The van der Waals surface area contributed by atoms with Crippen LogP contribution in [-0.4, -0.2) is 25.1 Å². The van der Waals surface area contributed by atoms with Crippen LogP contribution in [0, 0.1) is 39.9 Å². The van der Waals surface area contributed by atoms with Gasteiger partial charge in [0, 0.05) is 11.3 Å². The maximum atomic E-state index is 12.6. The Morgan fingerprint density at radius 1 is 1.00 bits per heavy atom. The molecule has 0 aromatic heterocycles. The van der Waals surface area contributed by atoms with Gasteiger partial charge < -0.3 is 9.53 Å². The van der Waals surface area contributed by atoms with Crippen LogP contribution in [0.25, 0.3) is 0 Å². The van der Waals surface area contributed by atoms with Crippen LogP contribution < -0.4 is 0 Å². The molecule has 3 aliphatic rings. The summed E-state index contributed by atoms with van der Waals surface area (Å²) in [6.45, 7) is 8.05. The smallest absolute Gasteiger partial charge is 0.311 e. The summed E-state index contributed by atoms with van der Waals surface area (Å²) in [6, 6.07) is 0. The summed E-state index contributed by atoms with van der Waals surface area (Å²) in [5.41, 5.74) is -0.902. The standard InChI is InChI=1S/C22H34O4/c1-14(24)20(2)12-9-16-15(17(20)13-23)7-8-18-21(16,3)10-6-11-22(18,4)19(25)26-5/h13,15-18H,6-12H2,1-5H3/t15-,16+,17+,18-,20-,21-,22-/m1/s1. The molecule has 4 nitrogen and oxygen atoms in total. The normalized spacial score (nSPS) is 48.0. The lowest BCUT2D eigenvalue weighted by atomic mass is 9.41. The highest BCUT2D eigenvalue weighted by molar-refractivity contribution is 5.85. The lowest BCUT2D eigenvalue weighted by molar-refractivity contribution is -0.183. The molecule has 0 N–H and O–H groups in total. The van der Waals surface area contributed by atoms with Crippen molar-refractivity contribution < 1.29 is 19.1 Å². The number of ether oxygens (including phenoxy) is 1. The second-order valence-corrected chi connectivity index (χ2v) is 9.84. The molecule has 0 saturated heterocycles. The van der Waals surface area contributed by atoms with Crippen LogP contribution in [-0.2, 0) is 19.1 Å². The number of fused-ring (bicyclic) bond motifs is 3. The Bertz CT molecular complexity index is 613. The van der Waals surface area contributed by atoms with Gasteiger partial charge in [0.2, 0.25) is 0 Å². The van der Waals surface area contributed by atoms with E-state index in [0.29, 0.717) is 11.8 Å². The molecule has 0 amide bonds. The highest BCUT2D eigenvalue weighted by atomic mass is 16.5. The van der Waals surface area contributed by atoms with Gasteiger partial charge >= 0.3 is 5.97 Å². The van der Waals surface area contributed by atoms with Crippen molar-refractivity contribution in [2.75, 3.05) is 7.11 Å². The van der Waals surface area contributed by atoms with E-state index in [4.69, 9.17) is 4.74 Å². The fourth-order valence-corrected chi connectivity index (χ4v) is 7.26. The highest BCUT2D eigenvalue weighted by Gasteiger charge is 2.62. The Hall–Kier alpha value is -1.19. The maximum absolute atomic E-state index is 12.6. The lowest BCUT2D eigenvalue weighted by Crippen LogP contribution is -2.59. The Labute approximate surface area is 157 Å². The number of aldehydes is 1. The molecular weight excluding hydrogens is 328 g/mol. The number of hydrogen-bond donors (Lipinski definition) is 0. The van der Waals surface area contributed by atoms with Gasteiger partial charge in [0.15, 0.2) is 0 Å². The fourth-order valence-electron chi connectivity index (χ4n) is 7.26. The minimum absolute atomic E-state index is 0.0451. The molecule has 0 spiro atoms. The molecule has 4 heteroatoms. The first-order valence-electron chi connectivity index (χ1n) is 10.2. The molecule has 0 bridgehead atoms. The third-order valence-corrected chi connectivity index (χ3v) is 8.90. The van der Waals surface area contributed by atoms with Gasteiger partial charge in [-0.25, -0.2) is 0 Å². The maximum Gasteiger partial charge on any atom is 0.311 e. The quantitative estimate of drug-likeness (QED) is 0.557. The van der Waals surface area contributed by atoms with Gasteiger partial charge in [-0.3, -0.25) is 9.59 Å². The number of esters is 1. The number of carbonyl (C=O) groups is 3. The van der Waals surface area contributed by atoms with Gasteiger partial charge in [-0.2, -0.15) is 0 Å². The van der Waals surface area contributed by atoms with Crippen molar-refractivity contribution in [2.24, 2.45) is 39.9 Å². The molecule has 3 saturated carbocycles. The van der Waals surface area contributed by atoms with Crippen molar-refractivity contribution in [1.82, 2.24) is 0 Å². The number of carbonyl (C=O) groups excluding carboxylic acids is 3. The first kappa shape index (κ1) is 19.6. The van der Waals surface area contributed by atoms with E-state index in [1.165, 1.54) is 7.11 Å². The first-order chi connectivity index (χ1) is 12.1. The van der Waals surface area contributed by atoms with Crippen LogP contribution in [0.2, 0.25) is 0 Å². The van der Waals surface area contributed by atoms with E-state index >= 15 is 0 Å². The van der Waals surface area contributed by atoms with Gasteiger partial charge in [0.25, 0.3) is 0 Å². The zero-order chi connectivity index (χ0) is 19.3. The summed E-state index contributed by atoms with van der Waals surface area (Å²) in [6.07, 6.45) is 7.72. The molecule has 0 unspecified atom stereocenters. The second-order valence-electron chi connectivity index (χ2n) is 9.84. The summed E-state index contributed by atoms with van der Waals surface area (Å²) in [4.78, 5) is 37.0. The van der Waals surface area contributed by atoms with E-state index in [-0.39, 0.29) is 29.0 Å². The van der Waals surface area contributed by atoms with Crippen molar-refractivity contribution in [3.63, 3.8) is 0 Å². The van der Waals surface area contributed by atoms with Crippen LogP contribution in [0.15, 0.2) is 0 Å². The molecule has 26 heavy (non-hydrogen) atoms. The van der Waals surface area contributed by atoms with Crippen LogP contribution >= 0.6 is 0 Å². The van der Waals surface area contributed by atoms with E-state index in [0.717, 1.165) is 51.2 Å². The molecule has 3 fully saturated rings. The SMILES string of the molecule is COC(=O)[C@]1(C)CCC[C@@]2(C)[C@H]1CC[C@@H]1[C@@H]2CC[C@](C)(C(C)=O)[C@H]1C=O. The van der Waals surface area contributed by atoms with E-state index in [1.54, 1.807) is 6.92 Å². The van der Waals surface area contributed by atoms with E-state index in [9.17, 15) is 14.4 Å². The summed E-state index contributed by atoms with van der Waals surface area (Å²) in [7, 11) is 1.49. The summed E-state index contributed by atoms with van der Waals surface area (Å²) in [5, 5.41) is 0. The van der Waals surface area contributed by atoms with Crippen molar-refractivity contribution in [3.05, 3.63) is 0 Å². The van der Waals surface area contributed by atoms with Gasteiger partial charge in [-0.05, 0) is 75.5 Å². The molecular formula is C22H34O4. The zero-order valence-electron chi connectivity index (χ0n) is 17.0. The van der Waals surface area contributed by atoms with Gasteiger partial charge in [-0.15, -0.1) is 0 Å². The first-order valence-corrected chi connectivity index (χ1v) is 10.2. The average Bonchev–Trinajstić information content (AvgIpc) is 2.60. The topological polar surface area (TPSA) is 60.4 Å². The van der Waals surface area contributed by atoms with Crippen LogP contribution in [0.5, 0.6) is 0 Å². The molecule has 0 aliphatic heterocycles. The van der Waals surface area contributed by atoms with Gasteiger partial charge in [0.1, 0.15) is 12.1 Å². The predicted octanol–water partition coefficient (Wildman–Crippen LogP) is 4.20. The average molecular weight is 363 g/mol. The molecule has 3 rings (SSSR count). The minimum Gasteiger partial charge on any atom is -0.469 e. The molecule has 0 heterocycles. The third-order valence-electron chi connectivity index (χ3n) is 8.90. The van der Waals surface area contributed by atoms with Crippen LogP contribution in [0.3, 0.4) is 0 Å². The Balaban J connectivity index is 1.98. The highest BCUT2D eigenvalue weighted by Crippen LogP contribution is 2.66. The fraction of sp³-hybridized carbons (Fsp3) is 0.864. The number of hydrogen-bond acceptors (Lipinski definition) is 4. The summed E-state index contributed by atoms with van der Waals surface area (Å²) >= 11 is 0. The predicted molar refractivity (Wildman–Crippen MR) is 99.4 cm³/mol. The van der Waals surface area contributed by atoms with Gasteiger partial charge in [0.05, 0.1) is 12.5 Å². The lowest BCUT2D eigenvalue weighted by Gasteiger charge is -2.62. The van der Waals surface area contributed by atoms with E-state index in [2.05, 4.69) is 13.8 Å². The zero-order valence-corrected chi connectivity index (χ0v) is 17.0. The van der Waals surface area contributed by atoms with E-state index < -0.39 is 10.8 Å². The van der Waals surface area contributed by atoms with Crippen molar-refractivity contribution in [1.29, 1.82) is 0 Å². The van der Waals surface area contributed by atoms with E-state index in [1.807, 2.05) is 6.92 Å². The number of rotatable bonds is 3. The minimum atomic E-state index is -0.521. The molecule has 7 atom stereocenters. The molecule has 146 valence electrons.